The van der Waals surface area contributed by atoms with Gasteiger partial charge in [0.15, 0.2) is 0 Å². The van der Waals surface area contributed by atoms with E-state index in [-0.39, 0.29) is 17.9 Å². The first kappa shape index (κ1) is 25.6. The molecule has 2 aromatic rings. The molecule has 0 N–H and O–H groups in total. The molecule has 2 aliphatic carbocycles. The second-order valence-corrected chi connectivity index (χ2v) is 11.9. The fourth-order valence-corrected chi connectivity index (χ4v) is 7.48. The minimum atomic E-state index is -4.42. The number of carbonyl (C=O) groups is 1. The van der Waals surface area contributed by atoms with Crippen molar-refractivity contribution in [3.05, 3.63) is 70.6 Å². The van der Waals surface area contributed by atoms with Crippen LogP contribution in [0.4, 0.5) is 13.2 Å². The highest BCUT2D eigenvalue weighted by Gasteiger charge is 2.45. The largest absolute Gasteiger partial charge is 0.417 e. The van der Waals surface area contributed by atoms with Crippen molar-refractivity contribution in [2.24, 2.45) is 11.8 Å². The van der Waals surface area contributed by atoms with Crippen LogP contribution >= 0.6 is 0 Å². The van der Waals surface area contributed by atoms with E-state index in [9.17, 15) is 18.0 Å². The minimum absolute atomic E-state index is 0.0525. The fourth-order valence-electron chi connectivity index (χ4n) is 7.48. The van der Waals surface area contributed by atoms with Gasteiger partial charge >= 0.3 is 6.18 Å². The van der Waals surface area contributed by atoms with Crippen molar-refractivity contribution in [3.63, 3.8) is 0 Å². The van der Waals surface area contributed by atoms with Gasteiger partial charge in [-0.3, -0.25) is 9.78 Å². The number of alkyl halides is 3. The summed E-state index contributed by atoms with van der Waals surface area (Å²) in [4.78, 5) is 21.4. The van der Waals surface area contributed by atoms with E-state index < -0.39 is 11.7 Å². The van der Waals surface area contributed by atoms with Crippen molar-refractivity contribution in [1.29, 1.82) is 0 Å². The molecular formula is C31H36F3N3O. The predicted octanol–water partition coefficient (Wildman–Crippen LogP) is 6.24. The Kier molecular flexibility index (Phi) is 6.61. The smallest absolute Gasteiger partial charge is 0.338 e. The van der Waals surface area contributed by atoms with Crippen molar-refractivity contribution in [2.45, 2.75) is 76.0 Å². The van der Waals surface area contributed by atoms with Crippen molar-refractivity contribution in [1.82, 2.24) is 14.8 Å². The van der Waals surface area contributed by atoms with Crippen molar-refractivity contribution < 1.29 is 18.0 Å². The number of piperidine rings is 1. The first-order chi connectivity index (χ1) is 18.2. The molecule has 4 nitrogen and oxygen atoms in total. The second-order valence-electron chi connectivity index (χ2n) is 11.9. The van der Waals surface area contributed by atoms with Gasteiger partial charge in [-0.25, -0.2) is 0 Å². The van der Waals surface area contributed by atoms with Crippen molar-refractivity contribution in [2.75, 3.05) is 19.6 Å². The van der Waals surface area contributed by atoms with Crippen molar-refractivity contribution >= 4 is 12.0 Å². The number of allylic oxidation sites excluding steroid dienone is 1. The van der Waals surface area contributed by atoms with Gasteiger partial charge in [0.05, 0.1) is 5.56 Å². The number of hydrogen-bond donors (Lipinski definition) is 0. The molecule has 2 unspecified atom stereocenters. The molecule has 202 valence electrons. The molecule has 1 saturated carbocycles. The Labute approximate surface area is 222 Å². The lowest BCUT2D eigenvalue weighted by Crippen LogP contribution is -2.50. The molecule has 2 fully saturated rings. The lowest BCUT2D eigenvalue weighted by Gasteiger charge is -2.46. The Balaban J connectivity index is 1.00. The third-order valence-electron chi connectivity index (χ3n) is 9.74. The topological polar surface area (TPSA) is 36.4 Å². The molecule has 1 aromatic heterocycles. The fraction of sp³-hybridized carbons (Fsp3) is 0.548. The third kappa shape index (κ3) is 4.67. The number of pyridine rings is 1. The summed E-state index contributed by atoms with van der Waals surface area (Å²) < 4.78 is 39.3. The van der Waals surface area contributed by atoms with Gasteiger partial charge in [-0.1, -0.05) is 43.3 Å². The van der Waals surface area contributed by atoms with Crippen LogP contribution in [0.15, 0.2) is 42.6 Å². The predicted molar refractivity (Wildman–Crippen MR) is 141 cm³/mol. The summed E-state index contributed by atoms with van der Waals surface area (Å²) in [6, 6.07) is 10.6. The van der Waals surface area contributed by atoms with Crippen LogP contribution in [0.5, 0.6) is 0 Å². The second kappa shape index (κ2) is 9.82. The normalized spacial score (nSPS) is 29.1. The average molecular weight is 524 g/mol. The zero-order chi connectivity index (χ0) is 26.5. The van der Waals surface area contributed by atoms with Gasteiger partial charge in [0.1, 0.15) is 0 Å². The third-order valence-corrected chi connectivity index (χ3v) is 9.74. The van der Waals surface area contributed by atoms with E-state index in [1.165, 1.54) is 17.5 Å². The Hall–Kier alpha value is -2.67. The summed E-state index contributed by atoms with van der Waals surface area (Å²) >= 11 is 0. The van der Waals surface area contributed by atoms with Gasteiger partial charge in [0.2, 0.25) is 5.91 Å². The Morgan fingerprint density at radius 1 is 1.18 bits per heavy atom. The molecule has 4 aliphatic rings. The SMILES string of the molecule is C[C@H]1CN(C2CCC(CCC(=O)N3CCc4ncc(C(F)(F)F)cc4C3)C2)CC[C@@]12C=Cc1ccccc12. The number of hydrogen-bond acceptors (Lipinski definition) is 3. The zero-order valence-corrected chi connectivity index (χ0v) is 22.0. The molecule has 0 radical (unpaired) electrons. The number of nitrogens with zero attached hydrogens (tertiary/aromatic N) is 3. The Morgan fingerprint density at radius 2 is 2.03 bits per heavy atom. The first-order valence-electron chi connectivity index (χ1n) is 14.1. The summed E-state index contributed by atoms with van der Waals surface area (Å²) in [7, 11) is 0. The molecule has 6 rings (SSSR count). The maximum absolute atomic E-state index is 13.1. The average Bonchev–Trinajstić information content (AvgIpc) is 3.54. The highest BCUT2D eigenvalue weighted by molar-refractivity contribution is 5.76. The van der Waals surface area contributed by atoms with Gasteiger partial charge in [0, 0.05) is 55.8 Å². The first-order valence-corrected chi connectivity index (χ1v) is 14.1. The minimum Gasteiger partial charge on any atom is -0.338 e. The number of rotatable bonds is 4. The maximum Gasteiger partial charge on any atom is 0.417 e. The lowest BCUT2D eigenvalue weighted by atomic mass is 9.68. The van der Waals surface area contributed by atoms with Crippen LogP contribution in [0.1, 0.15) is 73.4 Å². The van der Waals surface area contributed by atoms with Gasteiger partial charge in [-0.05, 0) is 73.2 Å². The van der Waals surface area contributed by atoms with Gasteiger partial charge < -0.3 is 9.80 Å². The summed E-state index contributed by atoms with van der Waals surface area (Å²) in [5.41, 5.74) is 3.48. The molecule has 38 heavy (non-hydrogen) atoms. The van der Waals surface area contributed by atoms with E-state index in [1.54, 1.807) is 4.90 Å². The number of halogens is 3. The molecular weight excluding hydrogens is 487 g/mol. The molecule has 7 heteroatoms. The molecule has 2 aliphatic heterocycles. The van der Waals surface area contributed by atoms with Crippen LogP contribution in [-0.4, -0.2) is 46.4 Å². The van der Waals surface area contributed by atoms with Crippen LogP contribution in [0.25, 0.3) is 6.08 Å². The van der Waals surface area contributed by atoms with E-state index in [2.05, 4.69) is 53.2 Å². The number of amides is 1. The molecule has 1 amide bonds. The highest BCUT2D eigenvalue weighted by atomic mass is 19.4. The number of likely N-dealkylation sites (tertiary alicyclic amines) is 1. The van der Waals surface area contributed by atoms with E-state index >= 15 is 0 Å². The van der Waals surface area contributed by atoms with Crippen LogP contribution in [0.2, 0.25) is 0 Å². The molecule has 3 heterocycles. The zero-order valence-electron chi connectivity index (χ0n) is 22.0. The summed E-state index contributed by atoms with van der Waals surface area (Å²) in [5.74, 6) is 1.15. The summed E-state index contributed by atoms with van der Waals surface area (Å²) in [6.45, 7) is 5.37. The van der Waals surface area contributed by atoms with E-state index in [1.807, 2.05) is 0 Å². The van der Waals surface area contributed by atoms with Gasteiger partial charge in [0.25, 0.3) is 0 Å². The number of aromatic nitrogens is 1. The summed E-state index contributed by atoms with van der Waals surface area (Å²) in [5, 5.41) is 0. The number of carbonyl (C=O) groups excluding carboxylic acids is 1. The number of benzene rings is 1. The maximum atomic E-state index is 13.1. The highest BCUT2D eigenvalue weighted by Crippen LogP contribution is 2.48. The standard InChI is InChI=1S/C31H36F3N3O/c1-21-19-36(15-13-30(21)12-10-23-4-2-3-5-27(23)30)26-8-6-22(16-26)7-9-29(38)37-14-11-28-24(20-37)17-25(18-35-28)31(32,33)34/h2-5,10,12,17-18,21-22,26H,6-9,11,13-16,19-20H2,1H3/t21-,22?,26?,30-/m0/s1. The van der Waals surface area contributed by atoms with Crippen molar-refractivity contribution in [3.8, 4) is 0 Å². The van der Waals surface area contributed by atoms with E-state index in [0.717, 1.165) is 51.0 Å². The van der Waals surface area contributed by atoms with Gasteiger partial charge in [-0.2, -0.15) is 13.2 Å². The van der Waals surface area contributed by atoms with Crippen LogP contribution < -0.4 is 0 Å². The van der Waals surface area contributed by atoms with E-state index in [0.29, 0.717) is 48.5 Å². The molecule has 1 spiro atoms. The number of fused-ring (bicyclic) bond motifs is 3. The molecule has 1 saturated heterocycles. The van der Waals surface area contributed by atoms with Crippen LogP contribution in [0, 0.1) is 11.8 Å². The Morgan fingerprint density at radius 3 is 2.84 bits per heavy atom. The van der Waals surface area contributed by atoms with Crippen LogP contribution in [0.3, 0.4) is 0 Å². The van der Waals surface area contributed by atoms with Gasteiger partial charge in [-0.15, -0.1) is 0 Å². The monoisotopic (exact) mass is 523 g/mol. The lowest BCUT2D eigenvalue weighted by molar-refractivity contribution is -0.137. The summed E-state index contributed by atoms with van der Waals surface area (Å²) in [6.07, 6.45) is 7.72. The quantitative estimate of drug-likeness (QED) is 0.476. The molecule has 1 aromatic carbocycles. The Bertz CT molecular complexity index is 1240. The van der Waals surface area contributed by atoms with E-state index in [4.69, 9.17) is 0 Å². The molecule has 0 bridgehead atoms. The molecule has 4 atom stereocenters. The van der Waals surface area contributed by atoms with Crippen LogP contribution in [-0.2, 0) is 29.4 Å².